The molecule has 9 nitrogen and oxygen atoms in total. The predicted octanol–water partition coefficient (Wildman–Crippen LogP) is 4.58. The zero-order valence-electron chi connectivity index (χ0n) is 26.3. The molecule has 1 aliphatic heterocycles. The zero-order chi connectivity index (χ0) is 31.9. The van der Waals surface area contributed by atoms with Gasteiger partial charge >= 0.3 is 0 Å². The molecule has 1 amide bonds. The van der Waals surface area contributed by atoms with E-state index in [4.69, 9.17) is 26.6 Å². The number of rotatable bonds is 13. The molecule has 0 saturated carbocycles. The summed E-state index contributed by atoms with van der Waals surface area (Å²) in [7, 11) is 0. The Bertz CT molecular complexity index is 1810. The highest BCUT2D eigenvalue weighted by Crippen LogP contribution is 2.23. The number of hydrogen-bond donors (Lipinski definition) is 3. The van der Waals surface area contributed by atoms with Crippen LogP contribution in [0.1, 0.15) is 39.3 Å². The van der Waals surface area contributed by atoms with E-state index in [1.807, 2.05) is 59.5 Å². The number of hydrogen-bond acceptors (Lipinski definition) is 6. The lowest BCUT2D eigenvalue weighted by Gasteiger charge is -2.26. The predicted molar refractivity (Wildman–Crippen MR) is 184 cm³/mol. The Morgan fingerprint density at radius 2 is 1.61 bits per heavy atom. The first-order valence-electron chi connectivity index (χ1n) is 16.2. The third kappa shape index (κ3) is 7.45. The fourth-order valence-corrected chi connectivity index (χ4v) is 6.29. The van der Waals surface area contributed by atoms with Gasteiger partial charge in [0.15, 0.2) is 0 Å². The number of carbonyl (C=O) groups excluding carboxylic acids is 1. The van der Waals surface area contributed by atoms with Gasteiger partial charge in [-0.15, -0.1) is 0 Å². The van der Waals surface area contributed by atoms with Crippen LogP contribution in [-0.2, 0) is 30.7 Å². The number of carbonyl (C=O) groups is 1. The molecule has 5 N–H and O–H groups in total. The SMILES string of the molecule is N=C(N)c1ccc(CCc2nc3cc(C(=O)N(CCN)Cc4ccc5ccccc5c4)ccc3n2CCCN2CCOCC2)cc1. The molecule has 0 radical (unpaired) electrons. The second kappa shape index (κ2) is 14.7. The van der Waals surface area contributed by atoms with Crippen molar-refractivity contribution < 1.29 is 9.53 Å². The summed E-state index contributed by atoms with van der Waals surface area (Å²) in [5, 5.41) is 10.0. The Kier molecular flexibility index (Phi) is 10.0. The summed E-state index contributed by atoms with van der Waals surface area (Å²) in [6.07, 6.45) is 2.57. The molecule has 46 heavy (non-hydrogen) atoms. The molecule has 238 valence electrons. The molecular weight excluding hydrogens is 574 g/mol. The number of fused-ring (bicyclic) bond motifs is 2. The minimum atomic E-state index is -0.0468. The smallest absolute Gasteiger partial charge is 0.254 e. The number of benzene rings is 4. The third-order valence-corrected chi connectivity index (χ3v) is 8.81. The lowest BCUT2D eigenvalue weighted by molar-refractivity contribution is 0.0369. The summed E-state index contributed by atoms with van der Waals surface area (Å²) in [5.41, 5.74) is 17.1. The molecule has 1 fully saturated rings. The van der Waals surface area contributed by atoms with Crippen molar-refractivity contribution in [1.29, 1.82) is 5.41 Å². The molecule has 0 atom stereocenters. The summed E-state index contributed by atoms with van der Waals surface area (Å²) in [6, 6.07) is 28.3. The maximum absolute atomic E-state index is 13.9. The van der Waals surface area contributed by atoms with Crippen LogP contribution in [0.4, 0.5) is 0 Å². The molecule has 0 spiro atoms. The number of amides is 1. The van der Waals surface area contributed by atoms with E-state index in [2.05, 4.69) is 39.8 Å². The van der Waals surface area contributed by atoms with E-state index in [1.54, 1.807) is 0 Å². The lowest BCUT2D eigenvalue weighted by atomic mass is 10.1. The van der Waals surface area contributed by atoms with Crippen LogP contribution in [0.25, 0.3) is 21.8 Å². The van der Waals surface area contributed by atoms with Crippen LogP contribution in [-0.4, -0.2) is 77.0 Å². The van der Waals surface area contributed by atoms with Crippen molar-refractivity contribution in [3.05, 3.63) is 113 Å². The second-order valence-electron chi connectivity index (χ2n) is 12.0. The molecule has 5 aromatic rings. The number of aromatic nitrogens is 2. The largest absolute Gasteiger partial charge is 0.384 e. The summed E-state index contributed by atoms with van der Waals surface area (Å²) >= 11 is 0. The first-order valence-corrected chi connectivity index (χ1v) is 16.2. The maximum Gasteiger partial charge on any atom is 0.254 e. The molecule has 1 aliphatic rings. The van der Waals surface area contributed by atoms with Crippen LogP contribution < -0.4 is 11.5 Å². The highest BCUT2D eigenvalue weighted by Gasteiger charge is 2.19. The van der Waals surface area contributed by atoms with Crippen molar-refractivity contribution in [2.45, 2.75) is 32.4 Å². The Hall–Kier alpha value is -4.57. The number of amidine groups is 1. The van der Waals surface area contributed by atoms with Gasteiger partial charge in [-0.05, 0) is 59.0 Å². The van der Waals surface area contributed by atoms with Crippen LogP contribution >= 0.6 is 0 Å². The van der Waals surface area contributed by atoms with Crippen molar-refractivity contribution in [3.63, 3.8) is 0 Å². The Labute approximate surface area is 270 Å². The van der Waals surface area contributed by atoms with Gasteiger partial charge in [0.05, 0.1) is 24.2 Å². The van der Waals surface area contributed by atoms with Crippen molar-refractivity contribution in [2.24, 2.45) is 11.5 Å². The first kappa shape index (κ1) is 31.4. The Morgan fingerprint density at radius 3 is 2.37 bits per heavy atom. The van der Waals surface area contributed by atoms with E-state index < -0.39 is 0 Å². The molecule has 1 aromatic heterocycles. The molecule has 0 bridgehead atoms. The first-order chi connectivity index (χ1) is 22.5. The normalized spacial score (nSPS) is 13.8. The average molecular weight is 618 g/mol. The van der Waals surface area contributed by atoms with E-state index >= 15 is 0 Å². The monoisotopic (exact) mass is 617 g/mol. The molecule has 4 aromatic carbocycles. The average Bonchev–Trinajstić information content (AvgIpc) is 3.43. The number of nitrogens with two attached hydrogens (primary N) is 2. The van der Waals surface area contributed by atoms with E-state index in [0.29, 0.717) is 25.2 Å². The Balaban J connectivity index is 1.23. The van der Waals surface area contributed by atoms with Gasteiger partial charge in [0.25, 0.3) is 5.91 Å². The van der Waals surface area contributed by atoms with E-state index in [-0.39, 0.29) is 11.7 Å². The number of nitrogen functional groups attached to an aromatic ring is 1. The van der Waals surface area contributed by atoms with E-state index in [0.717, 1.165) is 92.0 Å². The molecule has 6 rings (SSSR count). The van der Waals surface area contributed by atoms with Gasteiger partial charge in [-0.25, -0.2) is 4.98 Å². The van der Waals surface area contributed by atoms with Crippen LogP contribution in [0.3, 0.4) is 0 Å². The molecular formula is C37H43N7O2. The number of nitrogens with one attached hydrogen (secondary N) is 1. The number of nitrogens with zero attached hydrogens (tertiary/aromatic N) is 4. The molecule has 1 saturated heterocycles. The zero-order valence-corrected chi connectivity index (χ0v) is 26.3. The highest BCUT2D eigenvalue weighted by atomic mass is 16.5. The van der Waals surface area contributed by atoms with Gasteiger partial charge in [0.2, 0.25) is 0 Å². The van der Waals surface area contributed by atoms with Crippen LogP contribution in [0, 0.1) is 5.41 Å². The molecule has 0 aliphatic carbocycles. The van der Waals surface area contributed by atoms with Gasteiger partial charge < -0.3 is 25.7 Å². The van der Waals surface area contributed by atoms with Gasteiger partial charge in [-0.1, -0.05) is 60.7 Å². The number of aryl methyl sites for hydroxylation is 3. The summed E-state index contributed by atoms with van der Waals surface area (Å²) in [6.45, 7) is 6.72. The second-order valence-corrected chi connectivity index (χ2v) is 12.0. The van der Waals surface area contributed by atoms with E-state index in [9.17, 15) is 4.79 Å². The summed E-state index contributed by atoms with van der Waals surface area (Å²) < 4.78 is 7.84. The minimum Gasteiger partial charge on any atom is -0.384 e. The van der Waals surface area contributed by atoms with Crippen LogP contribution in [0.15, 0.2) is 84.9 Å². The molecule has 0 unspecified atom stereocenters. The van der Waals surface area contributed by atoms with E-state index in [1.165, 1.54) is 10.9 Å². The number of morpholine rings is 1. The highest BCUT2D eigenvalue weighted by molar-refractivity contribution is 5.97. The van der Waals surface area contributed by atoms with Gasteiger partial charge in [-0.2, -0.15) is 0 Å². The van der Waals surface area contributed by atoms with Gasteiger partial charge in [0, 0.05) is 63.4 Å². The topological polar surface area (TPSA) is 126 Å². The van der Waals surface area contributed by atoms with Crippen molar-refractivity contribution in [3.8, 4) is 0 Å². The van der Waals surface area contributed by atoms with Gasteiger partial charge in [-0.3, -0.25) is 15.1 Å². The standard InChI is InChI=1S/C37H43N7O2/c38-16-19-43(26-28-8-10-29-4-1-2-5-31(29)24-28)37(45)32-13-14-34-33(25-32)41-35(15-9-27-6-11-30(12-7-27)36(39)40)44(34)18-3-17-42-20-22-46-23-21-42/h1-2,4-8,10-14,24-25H,3,9,15-23,26,38H2,(H3,39,40). The van der Waals surface area contributed by atoms with Crippen molar-refractivity contribution >= 4 is 33.5 Å². The molecule has 2 heterocycles. The number of ether oxygens (including phenoxy) is 1. The summed E-state index contributed by atoms with van der Waals surface area (Å²) in [4.78, 5) is 23.2. The Morgan fingerprint density at radius 1 is 0.870 bits per heavy atom. The lowest BCUT2D eigenvalue weighted by Crippen LogP contribution is -2.37. The van der Waals surface area contributed by atoms with Crippen LogP contribution in [0.5, 0.6) is 0 Å². The number of imidazole rings is 1. The molecule has 9 heteroatoms. The maximum atomic E-state index is 13.9. The van der Waals surface area contributed by atoms with Crippen molar-refractivity contribution in [2.75, 3.05) is 45.9 Å². The minimum absolute atomic E-state index is 0.0468. The quantitative estimate of drug-likeness (QED) is 0.131. The summed E-state index contributed by atoms with van der Waals surface area (Å²) in [5.74, 6) is 1.03. The van der Waals surface area contributed by atoms with Crippen LogP contribution in [0.2, 0.25) is 0 Å². The fraction of sp³-hybridized carbons (Fsp3) is 0.324. The van der Waals surface area contributed by atoms with Crippen molar-refractivity contribution in [1.82, 2.24) is 19.4 Å². The fourth-order valence-electron chi connectivity index (χ4n) is 6.29. The van der Waals surface area contributed by atoms with Gasteiger partial charge in [0.1, 0.15) is 11.7 Å². The third-order valence-electron chi connectivity index (χ3n) is 8.81.